The summed E-state index contributed by atoms with van der Waals surface area (Å²) in [5.41, 5.74) is 0.532. The zero-order chi connectivity index (χ0) is 20.1. The minimum absolute atomic E-state index is 0.0492. The van der Waals surface area contributed by atoms with Crippen molar-refractivity contribution in [2.24, 2.45) is 5.92 Å². The molecule has 2 aromatic carbocycles. The number of rotatable bonds is 6. The van der Waals surface area contributed by atoms with E-state index in [1.54, 1.807) is 36.2 Å². The number of amides is 2. The van der Waals surface area contributed by atoms with Crippen molar-refractivity contribution in [1.29, 1.82) is 0 Å². The third kappa shape index (κ3) is 4.63. The SMILES string of the molecule is CC(C)[C@H](NC(=O)c1ccccc1)C(=O)N(C)C[C@@H]1COc2ccccc2O1. The van der Waals surface area contributed by atoms with E-state index in [0.29, 0.717) is 30.2 Å². The third-order valence-electron chi connectivity index (χ3n) is 4.68. The zero-order valence-corrected chi connectivity index (χ0v) is 16.4. The summed E-state index contributed by atoms with van der Waals surface area (Å²) in [4.78, 5) is 27.1. The fraction of sp³-hybridized carbons (Fsp3) is 0.364. The van der Waals surface area contributed by atoms with Crippen molar-refractivity contribution < 1.29 is 19.1 Å². The number of hydrogen-bond donors (Lipinski definition) is 1. The molecule has 1 heterocycles. The normalized spacial score (nSPS) is 16.4. The second kappa shape index (κ2) is 8.78. The maximum atomic E-state index is 13.0. The second-order valence-corrected chi connectivity index (χ2v) is 7.28. The van der Waals surface area contributed by atoms with Crippen molar-refractivity contribution in [1.82, 2.24) is 10.2 Å². The van der Waals surface area contributed by atoms with Crippen LogP contribution >= 0.6 is 0 Å². The lowest BCUT2D eigenvalue weighted by molar-refractivity contribution is -0.134. The van der Waals surface area contributed by atoms with Crippen LogP contribution in [-0.2, 0) is 4.79 Å². The van der Waals surface area contributed by atoms with E-state index in [2.05, 4.69) is 5.32 Å². The first kappa shape index (κ1) is 19.7. The molecule has 3 rings (SSSR count). The molecule has 6 nitrogen and oxygen atoms in total. The van der Waals surface area contributed by atoms with Crippen LogP contribution in [0.2, 0.25) is 0 Å². The van der Waals surface area contributed by atoms with Crippen LogP contribution in [0.1, 0.15) is 24.2 Å². The monoisotopic (exact) mass is 382 g/mol. The van der Waals surface area contributed by atoms with Gasteiger partial charge in [0.25, 0.3) is 5.91 Å². The topological polar surface area (TPSA) is 67.9 Å². The Balaban J connectivity index is 1.62. The molecular weight excluding hydrogens is 356 g/mol. The molecule has 1 aliphatic heterocycles. The van der Waals surface area contributed by atoms with Crippen molar-refractivity contribution in [3.05, 3.63) is 60.2 Å². The molecule has 2 aromatic rings. The van der Waals surface area contributed by atoms with Crippen LogP contribution in [0.25, 0.3) is 0 Å². The molecule has 0 fully saturated rings. The Morgan fingerprint density at radius 2 is 1.71 bits per heavy atom. The first-order valence-electron chi connectivity index (χ1n) is 9.45. The molecular formula is C22H26N2O4. The van der Waals surface area contributed by atoms with Crippen LogP contribution in [0.3, 0.4) is 0 Å². The van der Waals surface area contributed by atoms with Gasteiger partial charge in [-0.25, -0.2) is 0 Å². The Morgan fingerprint density at radius 3 is 2.39 bits per heavy atom. The van der Waals surface area contributed by atoms with E-state index in [-0.39, 0.29) is 23.8 Å². The van der Waals surface area contributed by atoms with Gasteiger partial charge in [0.1, 0.15) is 12.6 Å². The molecule has 0 aromatic heterocycles. The van der Waals surface area contributed by atoms with E-state index in [9.17, 15) is 9.59 Å². The average Bonchev–Trinajstić information content (AvgIpc) is 2.71. The smallest absolute Gasteiger partial charge is 0.251 e. The number of nitrogens with one attached hydrogen (secondary N) is 1. The Morgan fingerprint density at radius 1 is 1.07 bits per heavy atom. The van der Waals surface area contributed by atoms with Gasteiger partial charge in [-0.15, -0.1) is 0 Å². The van der Waals surface area contributed by atoms with Crippen molar-refractivity contribution in [2.75, 3.05) is 20.2 Å². The summed E-state index contributed by atoms with van der Waals surface area (Å²) in [6.45, 7) is 4.57. The van der Waals surface area contributed by atoms with Crippen LogP contribution in [0.15, 0.2) is 54.6 Å². The summed E-state index contributed by atoms with van der Waals surface area (Å²) in [6, 6.07) is 15.8. The lowest BCUT2D eigenvalue weighted by Crippen LogP contribution is -2.52. The molecule has 0 spiro atoms. The van der Waals surface area contributed by atoms with Gasteiger partial charge in [-0.3, -0.25) is 9.59 Å². The fourth-order valence-corrected chi connectivity index (χ4v) is 3.11. The minimum atomic E-state index is -0.616. The molecule has 0 unspecified atom stereocenters. The van der Waals surface area contributed by atoms with Gasteiger partial charge in [0.05, 0.1) is 6.54 Å². The molecule has 0 aliphatic carbocycles. The highest BCUT2D eigenvalue weighted by Gasteiger charge is 2.30. The van der Waals surface area contributed by atoms with Crippen molar-refractivity contribution in [2.45, 2.75) is 26.0 Å². The fourth-order valence-electron chi connectivity index (χ4n) is 3.11. The second-order valence-electron chi connectivity index (χ2n) is 7.28. The van der Waals surface area contributed by atoms with E-state index in [4.69, 9.17) is 9.47 Å². The van der Waals surface area contributed by atoms with Crippen LogP contribution < -0.4 is 14.8 Å². The molecule has 0 saturated heterocycles. The zero-order valence-electron chi connectivity index (χ0n) is 16.4. The van der Waals surface area contributed by atoms with E-state index >= 15 is 0 Å². The number of nitrogens with zero attached hydrogens (tertiary/aromatic N) is 1. The number of ether oxygens (including phenoxy) is 2. The lowest BCUT2D eigenvalue weighted by Gasteiger charge is -2.32. The van der Waals surface area contributed by atoms with Crippen molar-refractivity contribution in [3.63, 3.8) is 0 Å². The molecule has 0 saturated carbocycles. The highest BCUT2D eigenvalue weighted by atomic mass is 16.6. The van der Waals surface area contributed by atoms with Gasteiger partial charge in [0.15, 0.2) is 17.6 Å². The van der Waals surface area contributed by atoms with Crippen LogP contribution in [-0.4, -0.2) is 49.1 Å². The van der Waals surface area contributed by atoms with Gasteiger partial charge in [-0.05, 0) is 30.2 Å². The van der Waals surface area contributed by atoms with Crippen LogP contribution in [0.5, 0.6) is 11.5 Å². The van der Waals surface area contributed by atoms with Crippen molar-refractivity contribution >= 4 is 11.8 Å². The predicted octanol–water partition coefficient (Wildman–Crippen LogP) is 2.74. The van der Waals surface area contributed by atoms with Crippen molar-refractivity contribution in [3.8, 4) is 11.5 Å². The first-order valence-corrected chi connectivity index (χ1v) is 9.45. The van der Waals surface area contributed by atoms with Gasteiger partial charge in [-0.2, -0.15) is 0 Å². The number of likely N-dealkylation sites (N-methyl/N-ethyl adjacent to an activating group) is 1. The molecule has 6 heteroatoms. The summed E-state index contributed by atoms with van der Waals surface area (Å²) in [6.07, 6.45) is -0.263. The number of para-hydroxylation sites is 2. The molecule has 0 bridgehead atoms. The molecule has 148 valence electrons. The Hall–Kier alpha value is -3.02. The number of benzene rings is 2. The maximum Gasteiger partial charge on any atom is 0.251 e. The average molecular weight is 382 g/mol. The molecule has 1 aliphatic rings. The van der Waals surface area contributed by atoms with Crippen LogP contribution in [0.4, 0.5) is 0 Å². The largest absolute Gasteiger partial charge is 0.486 e. The number of carbonyl (C=O) groups excluding carboxylic acids is 2. The van der Waals surface area contributed by atoms with E-state index in [1.807, 2.05) is 44.2 Å². The van der Waals surface area contributed by atoms with Gasteiger partial charge in [0, 0.05) is 12.6 Å². The quantitative estimate of drug-likeness (QED) is 0.834. The summed E-state index contributed by atoms with van der Waals surface area (Å²) >= 11 is 0. The molecule has 28 heavy (non-hydrogen) atoms. The maximum absolute atomic E-state index is 13.0. The number of hydrogen-bond acceptors (Lipinski definition) is 4. The first-order chi connectivity index (χ1) is 13.5. The Kier molecular flexibility index (Phi) is 6.19. The van der Waals surface area contributed by atoms with Gasteiger partial charge >= 0.3 is 0 Å². The Bertz CT molecular complexity index is 822. The summed E-state index contributed by atoms with van der Waals surface area (Å²) in [5, 5.41) is 2.86. The molecule has 1 N–H and O–H groups in total. The van der Waals surface area contributed by atoms with Gasteiger partial charge < -0.3 is 19.7 Å². The molecule has 2 amide bonds. The number of carbonyl (C=O) groups is 2. The van der Waals surface area contributed by atoms with E-state index in [0.717, 1.165) is 0 Å². The summed E-state index contributed by atoms with van der Waals surface area (Å²) in [5.74, 6) is 0.932. The van der Waals surface area contributed by atoms with E-state index in [1.165, 1.54) is 0 Å². The number of fused-ring (bicyclic) bond motifs is 1. The van der Waals surface area contributed by atoms with Crippen LogP contribution in [0, 0.1) is 5.92 Å². The van der Waals surface area contributed by atoms with E-state index < -0.39 is 6.04 Å². The lowest BCUT2D eigenvalue weighted by atomic mass is 10.0. The van der Waals surface area contributed by atoms with Gasteiger partial charge in [0.2, 0.25) is 5.91 Å². The highest BCUT2D eigenvalue weighted by Crippen LogP contribution is 2.31. The standard InChI is InChI=1S/C22H26N2O4/c1-15(2)20(23-21(25)16-9-5-4-6-10-16)22(26)24(3)13-17-14-27-18-11-7-8-12-19(18)28-17/h4-12,15,17,20H,13-14H2,1-3H3,(H,23,25)/t17-,20+/m1/s1. The molecule has 2 atom stereocenters. The van der Waals surface area contributed by atoms with Gasteiger partial charge in [-0.1, -0.05) is 44.2 Å². The molecule has 0 radical (unpaired) electrons. The minimum Gasteiger partial charge on any atom is -0.486 e. The highest BCUT2D eigenvalue weighted by molar-refractivity contribution is 5.97. The predicted molar refractivity (Wildman–Crippen MR) is 107 cm³/mol. The summed E-state index contributed by atoms with van der Waals surface area (Å²) < 4.78 is 11.7. The third-order valence-corrected chi connectivity index (χ3v) is 4.68. The Labute approximate surface area is 165 Å². The summed E-state index contributed by atoms with van der Waals surface area (Å²) in [7, 11) is 1.72.